The lowest BCUT2D eigenvalue weighted by atomic mass is 10.0. The van der Waals surface area contributed by atoms with Gasteiger partial charge in [-0.05, 0) is 55.3 Å². The van der Waals surface area contributed by atoms with Gasteiger partial charge in [0.05, 0.1) is 16.8 Å². The van der Waals surface area contributed by atoms with Crippen molar-refractivity contribution in [2.24, 2.45) is 0 Å². The van der Waals surface area contributed by atoms with Crippen LogP contribution in [0.1, 0.15) is 30.6 Å². The molecule has 5 heteroatoms. The molecule has 1 aromatic heterocycles. The van der Waals surface area contributed by atoms with Crippen molar-refractivity contribution in [1.82, 2.24) is 10.3 Å². The Morgan fingerprint density at radius 3 is 2.71 bits per heavy atom. The van der Waals surface area contributed by atoms with Crippen molar-refractivity contribution in [1.29, 1.82) is 0 Å². The summed E-state index contributed by atoms with van der Waals surface area (Å²) in [5.74, 6) is -0.849. The van der Waals surface area contributed by atoms with Crippen LogP contribution < -0.4 is 5.32 Å². The molecule has 1 N–H and O–H groups in total. The molecule has 1 unspecified atom stereocenters. The lowest BCUT2D eigenvalue weighted by Gasteiger charge is -2.18. The fraction of sp³-hybridized carbons (Fsp3) is 0.312. The molecule has 0 saturated carbocycles. The van der Waals surface area contributed by atoms with E-state index in [-0.39, 0.29) is 6.04 Å². The molecule has 0 spiro atoms. The normalized spacial score (nSPS) is 12.4. The van der Waals surface area contributed by atoms with Crippen molar-refractivity contribution in [3.05, 3.63) is 64.4 Å². The van der Waals surface area contributed by atoms with Crippen molar-refractivity contribution in [2.75, 3.05) is 6.54 Å². The summed E-state index contributed by atoms with van der Waals surface area (Å²) in [6.07, 6.45) is 2.83. The van der Waals surface area contributed by atoms with Crippen molar-refractivity contribution < 1.29 is 8.78 Å². The monoisotopic (exact) mass is 310 g/mol. The van der Waals surface area contributed by atoms with Gasteiger partial charge in [0.25, 0.3) is 0 Å². The zero-order chi connectivity index (χ0) is 15.2. The van der Waals surface area contributed by atoms with Crippen LogP contribution in [0.5, 0.6) is 0 Å². The molecule has 0 aliphatic carbocycles. The molecule has 0 aliphatic heterocycles. The highest BCUT2D eigenvalue weighted by molar-refractivity contribution is 6.30. The lowest BCUT2D eigenvalue weighted by Crippen LogP contribution is -2.25. The summed E-state index contributed by atoms with van der Waals surface area (Å²) in [4.78, 5) is 4.27. The van der Waals surface area contributed by atoms with Gasteiger partial charge in [0, 0.05) is 6.20 Å². The van der Waals surface area contributed by atoms with Crippen molar-refractivity contribution in [2.45, 2.75) is 25.8 Å². The molecule has 0 aliphatic rings. The highest BCUT2D eigenvalue weighted by Crippen LogP contribution is 2.21. The second-order valence-corrected chi connectivity index (χ2v) is 5.28. The maximum Gasteiger partial charge on any atom is 0.126 e. The maximum absolute atomic E-state index is 13.8. The third-order valence-corrected chi connectivity index (χ3v) is 3.40. The molecule has 0 saturated heterocycles. The fourth-order valence-electron chi connectivity index (χ4n) is 2.11. The number of halogens is 3. The molecule has 0 bridgehead atoms. The first-order valence-corrected chi connectivity index (χ1v) is 7.26. The summed E-state index contributed by atoms with van der Waals surface area (Å²) in [5.41, 5.74) is 1.09. The first-order valence-electron chi connectivity index (χ1n) is 6.89. The molecular weight excluding hydrogens is 294 g/mol. The number of rotatable bonds is 6. The van der Waals surface area contributed by atoms with Crippen LogP contribution in [0, 0.1) is 11.6 Å². The Bertz CT molecular complexity index is 587. The summed E-state index contributed by atoms with van der Waals surface area (Å²) >= 11 is 5.83. The molecule has 2 nitrogen and oxygen atoms in total. The Hall–Kier alpha value is -1.52. The number of nitrogens with one attached hydrogen (secondary N) is 1. The second kappa shape index (κ2) is 7.48. The topological polar surface area (TPSA) is 24.9 Å². The molecule has 1 atom stereocenters. The predicted octanol–water partition coefficient (Wildman–Crippen LogP) is 4.30. The molecule has 2 aromatic rings. The van der Waals surface area contributed by atoms with E-state index in [4.69, 9.17) is 11.6 Å². The minimum atomic E-state index is -0.440. The van der Waals surface area contributed by atoms with Crippen LogP contribution in [0.25, 0.3) is 0 Å². The van der Waals surface area contributed by atoms with E-state index in [0.717, 1.165) is 30.8 Å². The first-order chi connectivity index (χ1) is 10.1. The van der Waals surface area contributed by atoms with E-state index >= 15 is 0 Å². The summed E-state index contributed by atoms with van der Waals surface area (Å²) < 4.78 is 27.1. The van der Waals surface area contributed by atoms with Gasteiger partial charge in [-0.2, -0.15) is 0 Å². The zero-order valence-electron chi connectivity index (χ0n) is 11.7. The van der Waals surface area contributed by atoms with E-state index in [1.807, 2.05) is 6.92 Å². The van der Waals surface area contributed by atoms with Gasteiger partial charge in [-0.1, -0.05) is 18.5 Å². The summed E-state index contributed by atoms with van der Waals surface area (Å²) in [5, 5.41) is 3.85. The second-order valence-electron chi connectivity index (χ2n) is 4.85. The van der Waals surface area contributed by atoms with Gasteiger partial charge in [0.2, 0.25) is 0 Å². The average Bonchev–Trinajstić information content (AvgIpc) is 2.48. The highest BCUT2D eigenvalue weighted by atomic mass is 35.5. The summed E-state index contributed by atoms with van der Waals surface area (Å²) in [6.45, 7) is 2.81. The van der Waals surface area contributed by atoms with Gasteiger partial charge in [-0.15, -0.1) is 0 Å². The molecule has 0 amide bonds. The molecule has 1 heterocycles. The standard InChI is InChI=1S/C16H17ClF2N2/c1-2-7-20-16(15-6-3-12(17)10-21-15)9-11-8-13(18)4-5-14(11)19/h3-6,8,10,16,20H,2,7,9H2,1H3. The Balaban J connectivity index is 2.23. The Labute approximate surface area is 128 Å². The van der Waals surface area contributed by atoms with E-state index in [1.165, 1.54) is 6.07 Å². The third-order valence-electron chi connectivity index (χ3n) is 3.18. The average molecular weight is 311 g/mol. The van der Waals surface area contributed by atoms with E-state index in [1.54, 1.807) is 18.3 Å². The van der Waals surface area contributed by atoms with Crippen LogP contribution in [0.15, 0.2) is 36.5 Å². The van der Waals surface area contributed by atoms with Crippen LogP contribution in [0.2, 0.25) is 5.02 Å². The fourth-order valence-corrected chi connectivity index (χ4v) is 2.22. The van der Waals surface area contributed by atoms with Crippen molar-refractivity contribution >= 4 is 11.6 Å². The van der Waals surface area contributed by atoms with Gasteiger partial charge >= 0.3 is 0 Å². The van der Waals surface area contributed by atoms with E-state index in [9.17, 15) is 8.78 Å². The largest absolute Gasteiger partial charge is 0.308 e. The van der Waals surface area contributed by atoms with Gasteiger partial charge < -0.3 is 5.32 Å². The van der Waals surface area contributed by atoms with Gasteiger partial charge in [-0.25, -0.2) is 8.78 Å². The number of hydrogen-bond acceptors (Lipinski definition) is 2. The highest BCUT2D eigenvalue weighted by Gasteiger charge is 2.16. The maximum atomic E-state index is 13.8. The molecule has 2 rings (SSSR count). The van der Waals surface area contributed by atoms with Crippen molar-refractivity contribution in [3.63, 3.8) is 0 Å². The van der Waals surface area contributed by atoms with E-state index < -0.39 is 11.6 Å². The van der Waals surface area contributed by atoms with Gasteiger partial charge in [0.15, 0.2) is 0 Å². The zero-order valence-corrected chi connectivity index (χ0v) is 12.5. The molecule has 1 aromatic carbocycles. The van der Waals surface area contributed by atoms with Gasteiger partial charge in [-0.3, -0.25) is 4.98 Å². The predicted molar refractivity (Wildman–Crippen MR) is 80.3 cm³/mol. The molecule has 21 heavy (non-hydrogen) atoms. The van der Waals surface area contributed by atoms with Crippen LogP contribution in [0.3, 0.4) is 0 Å². The smallest absolute Gasteiger partial charge is 0.126 e. The number of aromatic nitrogens is 1. The third kappa shape index (κ3) is 4.48. The van der Waals surface area contributed by atoms with Crippen LogP contribution in [0.4, 0.5) is 8.78 Å². The van der Waals surface area contributed by atoms with Crippen LogP contribution >= 0.6 is 11.6 Å². The Morgan fingerprint density at radius 1 is 1.24 bits per heavy atom. The van der Waals surface area contributed by atoms with E-state index in [0.29, 0.717) is 17.0 Å². The molecule has 112 valence electrons. The van der Waals surface area contributed by atoms with Crippen molar-refractivity contribution in [3.8, 4) is 0 Å². The Morgan fingerprint density at radius 2 is 2.05 bits per heavy atom. The molecule has 0 radical (unpaired) electrons. The molecular formula is C16H17ClF2N2. The first kappa shape index (κ1) is 15.9. The number of pyridine rings is 1. The quantitative estimate of drug-likeness (QED) is 0.860. The minimum absolute atomic E-state index is 0.182. The summed E-state index contributed by atoms with van der Waals surface area (Å²) in [7, 11) is 0. The Kier molecular flexibility index (Phi) is 5.65. The van der Waals surface area contributed by atoms with Crippen LogP contribution in [-0.4, -0.2) is 11.5 Å². The van der Waals surface area contributed by atoms with Crippen LogP contribution in [-0.2, 0) is 6.42 Å². The number of nitrogens with zero attached hydrogens (tertiary/aromatic N) is 1. The molecule has 0 fully saturated rings. The SMILES string of the molecule is CCCNC(Cc1cc(F)ccc1F)c1ccc(Cl)cn1. The van der Waals surface area contributed by atoms with E-state index in [2.05, 4.69) is 10.3 Å². The van der Waals surface area contributed by atoms with Gasteiger partial charge in [0.1, 0.15) is 11.6 Å². The summed E-state index contributed by atoms with van der Waals surface area (Å²) in [6, 6.07) is 6.86. The lowest BCUT2D eigenvalue weighted by molar-refractivity contribution is 0.500. The number of benzene rings is 1. The number of hydrogen-bond donors (Lipinski definition) is 1. The minimum Gasteiger partial charge on any atom is -0.308 e.